The summed E-state index contributed by atoms with van der Waals surface area (Å²) >= 11 is 1.85. The standard InChI is InChI=1S/C25H31N5O2S/c31-24(27-22-2-1-3-23(26-22)29-12-15-32-16-13-29)20-5-4-19(30-14-17-33-30)18-21(20)28-10-8-25(6-7-25)9-11-28/h1-5,18H,6-17H2,(H,26,27,31). The predicted molar refractivity (Wildman–Crippen MR) is 135 cm³/mol. The molecule has 2 aromatic rings. The fourth-order valence-electron chi connectivity index (χ4n) is 5.06. The monoisotopic (exact) mass is 465 g/mol. The van der Waals surface area contributed by atoms with Crippen LogP contribution < -0.4 is 19.4 Å². The smallest absolute Gasteiger partial charge is 0.258 e. The summed E-state index contributed by atoms with van der Waals surface area (Å²) in [5.74, 6) is 2.54. The third-order valence-electron chi connectivity index (χ3n) is 7.49. The van der Waals surface area contributed by atoms with Gasteiger partial charge in [0, 0.05) is 44.2 Å². The number of anilines is 4. The van der Waals surface area contributed by atoms with Crippen LogP contribution in [0.4, 0.5) is 23.0 Å². The Hall–Kier alpha value is -2.45. The number of pyridine rings is 1. The Morgan fingerprint density at radius 3 is 2.45 bits per heavy atom. The number of amides is 1. The Balaban J connectivity index is 1.24. The molecule has 1 N–H and O–H groups in total. The van der Waals surface area contributed by atoms with Gasteiger partial charge < -0.3 is 24.2 Å². The Morgan fingerprint density at radius 1 is 0.970 bits per heavy atom. The third kappa shape index (κ3) is 4.38. The number of nitrogens with one attached hydrogen (secondary N) is 1. The summed E-state index contributed by atoms with van der Waals surface area (Å²) in [6.07, 6.45) is 5.23. The number of hydrogen-bond acceptors (Lipinski definition) is 7. The van der Waals surface area contributed by atoms with Gasteiger partial charge in [0.05, 0.1) is 24.5 Å². The maximum atomic E-state index is 13.4. The van der Waals surface area contributed by atoms with Gasteiger partial charge in [0.15, 0.2) is 0 Å². The molecule has 3 aliphatic heterocycles. The van der Waals surface area contributed by atoms with Crippen LogP contribution in [0, 0.1) is 5.41 Å². The van der Waals surface area contributed by atoms with Crippen molar-refractivity contribution in [1.29, 1.82) is 0 Å². The Morgan fingerprint density at radius 2 is 1.76 bits per heavy atom. The van der Waals surface area contributed by atoms with Crippen molar-refractivity contribution >= 4 is 40.9 Å². The van der Waals surface area contributed by atoms with Crippen LogP contribution in [0.15, 0.2) is 36.4 Å². The highest BCUT2D eigenvalue weighted by molar-refractivity contribution is 8.02. The minimum Gasteiger partial charge on any atom is -0.378 e. The van der Waals surface area contributed by atoms with E-state index in [2.05, 4.69) is 31.6 Å². The van der Waals surface area contributed by atoms with E-state index >= 15 is 0 Å². The number of hydrogen-bond donors (Lipinski definition) is 1. The number of ether oxygens (including phenoxy) is 1. The van der Waals surface area contributed by atoms with Crippen molar-refractivity contribution in [3.8, 4) is 0 Å². The second-order valence-electron chi connectivity index (χ2n) is 9.56. The van der Waals surface area contributed by atoms with Crippen molar-refractivity contribution in [1.82, 2.24) is 4.98 Å². The van der Waals surface area contributed by atoms with Gasteiger partial charge in [-0.3, -0.25) is 4.79 Å². The quantitative estimate of drug-likeness (QED) is 0.669. The van der Waals surface area contributed by atoms with E-state index in [0.717, 1.165) is 55.5 Å². The van der Waals surface area contributed by atoms with E-state index < -0.39 is 0 Å². The van der Waals surface area contributed by atoms with Crippen LogP contribution >= 0.6 is 11.9 Å². The Bertz CT molecular complexity index is 1020. The molecule has 1 saturated carbocycles. The molecule has 0 radical (unpaired) electrons. The zero-order valence-electron chi connectivity index (χ0n) is 19.0. The van der Waals surface area contributed by atoms with E-state index in [1.165, 1.54) is 31.4 Å². The van der Waals surface area contributed by atoms with Crippen molar-refractivity contribution in [2.75, 3.05) is 71.1 Å². The average molecular weight is 466 g/mol. The van der Waals surface area contributed by atoms with Gasteiger partial charge in [-0.1, -0.05) is 6.07 Å². The molecule has 6 rings (SSSR count). The summed E-state index contributed by atoms with van der Waals surface area (Å²) in [4.78, 5) is 22.8. The molecule has 4 fully saturated rings. The highest BCUT2D eigenvalue weighted by Crippen LogP contribution is 2.54. The highest BCUT2D eigenvalue weighted by Gasteiger charge is 2.44. The van der Waals surface area contributed by atoms with E-state index in [0.29, 0.717) is 24.4 Å². The van der Waals surface area contributed by atoms with Crippen LogP contribution in [0.25, 0.3) is 0 Å². The Labute approximate surface area is 199 Å². The van der Waals surface area contributed by atoms with Crippen molar-refractivity contribution in [2.45, 2.75) is 25.7 Å². The molecule has 0 bridgehead atoms. The number of nitrogens with zero attached hydrogens (tertiary/aromatic N) is 4. The van der Waals surface area contributed by atoms with Gasteiger partial charge >= 0.3 is 0 Å². The van der Waals surface area contributed by atoms with Gasteiger partial charge in [-0.2, -0.15) is 0 Å². The number of morpholine rings is 1. The molecule has 8 heteroatoms. The lowest BCUT2D eigenvalue weighted by Gasteiger charge is -2.37. The van der Waals surface area contributed by atoms with E-state index in [9.17, 15) is 4.79 Å². The molecule has 33 heavy (non-hydrogen) atoms. The second-order valence-corrected chi connectivity index (χ2v) is 10.7. The molecule has 1 amide bonds. The largest absolute Gasteiger partial charge is 0.378 e. The molecule has 4 heterocycles. The van der Waals surface area contributed by atoms with Gasteiger partial charge in [-0.25, -0.2) is 4.98 Å². The number of carbonyl (C=O) groups is 1. The first-order valence-corrected chi connectivity index (χ1v) is 13.0. The third-order valence-corrected chi connectivity index (χ3v) is 8.56. The van der Waals surface area contributed by atoms with E-state index in [1.807, 2.05) is 36.2 Å². The number of carbonyl (C=O) groups excluding carboxylic acids is 1. The molecule has 3 saturated heterocycles. The number of rotatable bonds is 5. The topological polar surface area (TPSA) is 60.9 Å². The highest BCUT2D eigenvalue weighted by atomic mass is 32.2. The predicted octanol–water partition coefficient (Wildman–Crippen LogP) is 4.02. The summed E-state index contributed by atoms with van der Waals surface area (Å²) < 4.78 is 7.76. The number of benzene rings is 1. The molecular formula is C25H31N5O2S. The van der Waals surface area contributed by atoms with Crippen LogP contribution in [0.1, 0.15) is 36.0 Å². The Kier molecular flexibility index (Phi) is 5.58. The van der Waals surface area contributed by atoms with Crippen molar-refractivity contribution in [3.63, 3.8) is 0 Å². The molecule has 7 nitrogen and oxygen atoms in total. The van der Waals surface area contributed by atoms with E-state index in [1.54, 1.807) is 0 Å². The minimum atomic E-state index is -0.0915. The molecule has 1 spiro atoms. The summed E-state index contributed by atoms with van der Waals surface area (Å²) in [6, 6.07) is 12.1. The molecule has 174 valence electrons. The zero-order valence-corrected chi connectivity index (χ0v) is 19.8. The average Bonchev–Trinajstić information content (AvgIpc) is 3.58. The summed E-state index contributed by atoms with van der Waals surface area (Å²) in [5.41, 5.74) is 3.58. The molecule has 4 aliphatic rings. The maximum Gasteiger partial charge on any atom is 0.258 e. The number of aromatic nitrogens is 1. The van der Waals surface area contributed by atoms with Crippen LogP contribution in [0.5, 0.6) is 0 Å². The van der Waals surface area contributed by atoms with Crippen LogP contribution in [-0.4, -0.2) is 62.6 Å². The molecular weight excluding hydrogens is 434 g/mol. The second kappa shape index (κ2) is 8.72. The van der Waals surface area contributed by atoms with Crippen molar-refractivity contribution < 1.29 is 9.53 Å². The molecule has 1 aliphatic carbocycles. The van der Waals surface area contributed by atoms with Gasteiger partial charge in [0.1, 0.15) is 11.6 Å². The van der Waals surface area contributed by atoms with Crippen LogP contribution in [0.3, 0.4) is 0 Å². The first-order chi connectivity index (χ1) is 16.2. The number of piperidine rings is 1. The van der Waals surface area contributed by atoms with Gasteiger partial charge in [-0.05, 0) is 73.4 Å². The van der Waals surface area contributed by atoms with E-state index in [-0.39, 0.29) is 5.91 Å². The van der Waals surface area contributed by atoms with Gasteiger partial charge in [0.25, 0.3) is 5.91 Å². The van der Waals surface area contributed by atoms with E-state index in [4.69, 9.17) is 9.72 Å². The molecule has 1 aromatic carbocycles. The minimum absolute atomic E-state index is 0.0915. The first kappa shape index (κ1) is 21.1. The lowest BCUT2D eigenvalue weighted by Crippen LogP contribution is -2.37. The summed E-state index contributed by atoms with van der Waals surface area (Å²) in [5, 5.41) is 3.07. The van der Waals surface area contributed by atoms with Crippen LogP contribution in [0.2, 0.25) is 0 Å². The SMILES string of the molecule is O=C(Nc1cccc(N2CCOCC2)n1)c1ccc(N2CCS2)cc1N1CCC2(CC1)CC2. The molecule has 1 aromatic heterocycles. The van der Waals surface area contributed by atoms with Crippen molar-refractivity contribution in [2.24, 2.45) is 5.41 Å². The first-order valence-electron chi connectivity index (χ1n) is 12.1. The normalized spacial score (nSPS) is 21.6. The zero-order chi connectivity index (χ0) is 22.3. The lowest BCUT2D eigenvalue weighted by atomic mass is 9.93. The fraction of sp³-hybridized carbons (Fsp3) is 0.520. The fourth-order valence-corrected chi connectivity index (χ4v) is 5.69. The maximum absolute atomic E-state index is 13.4. The summed E-state index contributed by atoms with van der Waals surface area (Å²) in [7, 11) is 0. The van der Waals surface area contributed by atoms with Gasteiger partial charge in [0.2, 0.25) is 0 Å². The van der Waals surface area contributed by atoms with Crippen LogP contribution in [-0.2, 0) is 4.74 Å². The molecule has 0 unspecified atom stereocenters. The summed E-state index contributed by atoms with van der Waals surface area (Å²) in [6.45, 7) is 6.18. The lowest BCUT2D eigenvalue weighted by molar-refractivity contribution is 0.102. The van der Waals surface area contributed by atoms with Crippen molar-refractivity contribution in [3.05, 3.63) is 42.0 Å². The molecule has 0 atom stereocenters. The van der Waals surface area contributed by atoms with Gasteiger partial charge in [-0.15, -0.1) is 0 Å².